The molecule has 0 heterocycles. The summed E-state index contributed by atoms with van der Waals surface area (Å²) >= 11 is 1.89. The molecular formula is C15H22N2O2S2. The monoisotopic (exact) mass is 326 g/mol. The molecule has 1 rings (SSSR count). The average Bonchev–Trinajstić information content (AvgIpc) is 2.47. The smallest absolute Gasteiger partial charge is 0.179 e. The van der Waals surface area contributed by atoms with E-state index >= 15 is 0 Å². The highest BCUT2D eigenvalue weighted by molar-refractivity contribution is 7.99. The molecule has 1 N–H and O–H groups in total. The molecule has 4 nitrogen and oxygen atoms in total. The number of nitrogens with one attached hydrogen (secondary N) is 1. The van der Waals surface area contributed by atoms with Crippen molar-refractivity contribution in [2.75, 3.05) is 23.8 Å². The fourth-order valence-corrected chi connectivity index (χ4v) is 3.85. The molecule has 6 heteroatoms. The van der Waals surface area contributed by atoms with Gasteiger partial charge in [0.2, 0.25) is 0 Å². The van der Waals surface area contributed by atoms with Gasteiger partial charge in [-0.3, -0.25) is 0 Å². The Labute approximate surface area is 131 Å². The molecular weight excluding hydrogens is 304 g/mol. The van der Waals surface area contributed by atoms with Gasteiger partial charge in [-0.25, -0.2) is 8.42 Å². The van der Waals surface area contributed by atoms with Gasteiger partial charge in [-0.1, -0.05) is 13.0 Å². The number of thioether (sulfide) groups is 1. The van der Waals surface area contributed by atoms with E-state index in [1.807, 2.05) is 17.8 Å². The van der Waals surface area contributed by atoms with E-state index in [-0.39, 0.29) is 10.6 Å². The lowest BCUT2D eigenvalue weighted by Gasteiger charge is -2.13. The first kappa shape index (κ1) is 18.0. The maximum absolute atomic E-state index is 12.2. The summed E-state index contributed by atoms with van der Waals surface area (Å²) in [4.78, 5) is 0.220. The Kier molecular flexibility index (Phi) is 7.79. The van der Waals surface area contributed by atoms with Gasteiger partial charge < -0.3 is 5.32 Å². The summed E-state index contributed by atoms with van der Waals surface area (Å²) in [5.74, 6) is 2.24. The molecule has 116 valence electrons. The number of nitriles is 1. The molecule has 0 aliphatic rings. The van der Waals surface area contributed by atoms with Crippen LogP contribution in [0.2, 0.25) is 0 Å². The van der Waals surface area contributed by atoms with Crippen LogP contribution in [-0.2, 0) is 9.84 Å². The van der Waals surface area contributed by atoms with Crippen molar-refractivity contribution in [3.63, 3.8) is 0 Å². The quantitative estimate of drug-likeness (QED) is 0.706. The Morgan fingerprint density at radius 2 is 2.19 bits per heavy atom. The molecule has 0 spiro atoms. The van der Waals surface area contributed by atoms with E-state index in [1.54, 1.807) is 12.1 Å². The number of rotatable bonds is 9. The van der Waals surface area contributed by atoms with Gasteiger partial charge >= 0.3 is 0 Å². The predicted octanol–water partition coefficient (Wildman–Crippen LogP) is 2.45. The van der Waals surface area contributed by atoms with E-state index in [4.69, 9.17) is 5.26 Å². The Hall–Kier alpha value is -1.03. The van der Waals surface area contributed by atoms with Gasteiger partial charge in [0.05, 0.1) is 22.3 Å². The third-order valence-corrected chi connectivity index (χ3v) is 5.73. The first-order chi connectivity index (χ1) is 9.99. The highest BCUT2D eigenvalue weighted by Crippen LogP contribution is 2.12. The SMILES string of the molecule is CCSCCC(C)NCCS(=O)(=O)c1cccc(C#N)c1. The zero-order chi connectivity index (χ0) is 15.7. The summed E-state index contributed by atoms with van der Waals surface area (Å²) in [6.07, 6.45) is 1.03. The first-order valence-corrected chi connectivity index (χ1v) is 9.84. The molecule has 1 aromatic rings. The second kappa shape index (κ2) is 9.08. The van der Waals surface area contributed by atoms with Crippen molar-refractivity contribution in [3.8, 4) is 6.07 Å². The van der Waals surface area contributed by atoms with Crippen LogP contribution in [0.4, 0.5) is 0 Å². The summed E-state index contributed by atoms with van der Waals surface area (Å²) in [5.41, 5.74) is 0.369. The summed E-state index contributed by atoms with van der Waals surface area (Å²) in [5, 5.41) is 12.1. The second-order valence-corrected chi connectivity index (χ2v) is 8.30. The highest BCUT2D eigenvalue weighted by Gasteiger charge is 2.15. The fourth-order valence-electron chi connectivity index (χ4n) is 1.82. The van der Waals surface area contributed by atoms with Crippen LogP contribution in [0.3, 0.4) is 0 Å². The molecule has 0 saturated heterocycles. The van der Waals surface area contributed by atoms with Crippen LogP contribution in [0, 0.1) is 11.3 Å². The van der Waals surface area contributed by atoms with Gasteiger partial charge in [0.25, 0.3) is 0 Å². The second-order valence-electron chi connectivity index (χ2n) is 4.80. The van der Waals surface area contributed by atoms with Crippen LogP contribution in [0.25, 0.3) is 0 Å². The van der Waals surface area contributed by atoms with Gasteiger partial charge in [-0.15, -0.1) is 0 Å². The number of hydrogen-bond acceptors (Lipinski definition) is 5. The topological polar surface area (TPSA) is 70.0 Å². The Morgan fingerprint density at radius 3 is 2.86 bits per heavy atom. The van der Waals surface area contributed by atoms with E-state index < -0.39 is 9.84 Å². The molecule has 21 heavy (non-hydrogen) atoms. The zero-order valence-corrected chi connectivity index (χ0v) is 14.1. The number of sulfone groups is 1. The molecule has 0 amide bonds. The minimum absolute atomic E-state index is 0.0488. The normalized spacial score (nSPS) is 12.8. The van der Waals surface area contributed by atoms with Gasteiger partial charge in [-0.2, -0.15) is 17.0 Å². The molecule has 0 bridgehead atoms. The molecule has 1 aromatic carbocycles. The van der Waals surface area contributed by atoms with Gasteiger partial charge in [0, 0.05) is 12.6 Å². The van der Waals surface area contributed by atoms with Crippen LogP contribution < -0.4 is 5.32 Å². The lowest BCUT2D eigenvalue weighted by atomic mass is 10.2. The largest absolute Gasteiger partial charge is 0.313 e. The summed E-state index contributed by atoms with van der Waals surface area (Å²) in [6, 6.07) is 8.44. The van der Waals surface area contributed by atoms with Crippen molar-refractivity contribution in [1.82, 2.24) is 5.32 Å². The van der Waals surface area contributed by atoms with Gasteiger partial charge in [-0.05, 0) is 43.0 Å². The van der Waals surface area contributed by atoms with Crippen molar-refractivity contribution in [1.29, 1.82) is 5.26 Å². The van der Waals surface area contributed by atoms with Crippen LogP contribution in [0.5, 0.6) is 0 Å². The molecule has 0 radical (unpaired) electrons. The van der Waals surface area contributed by atoms with Crippen molar-refractivity contribution in [2.24, 2.45) is 0 Å². The maximum atomic E-state index is 12.2. The van der Waals surface area contributed by atoms with Crippen LogP contribution in [0.15, 0.2) is 29.2 Å². The van der Waals surface area contributed by atoms with E-state index in [1.165, 1.54) is 12.1 Å². The van der Waals surface area contributed by atoms with Gasteiger partial charge in [0.1, 0.15) is 0 Å². The number of hydrogen-bond donors (Lipinski definition) is 1. The molecule has 1 atom stereocenters. The Morgan fingerprint density at radius 1 is 1.43 bits per heavy atom. The molecule has 0 aliphatic heterocycles. The van der Waals surface area contributed by atoms with Gasteiger partial charge in [0.15, 0.2) is 9.84 Å². The standard InChI is InChI=1S/C15H22N2O2S2/c1-3-20-9-7-13(2)17-8-10-21(18,19)15-6-4-5-14(11-15)12-16/h4-6,11,13,17H,3,7-10H2,1-2H3. The summed E-state index contributed by atoms with van der Waals surface area (Å²) in [6.45, 7) is 4.63. The molecule has 0 fully saturated rings. The molecule has 0 saturated carbocycles. The van der Waals surface area contributed by atoms with E-state index in [0.717, 1.165) is 17.9 Å². The van der Waals surface area contributed by atoms with Crippen molar-refractivity contribution < 1.29 is 8.42 Å². The zero-order valence-electron chi connectivity index (χ0n) is 12.5. The van der Waals surface area contributed by atoms with E-state index in [2.05, 4.69) is 19.2 Å². The summed E-state index contributed by atoms with van der Waals surface area (Å²) in [7, 11) is -3.33. The molecule has 0 aliphatic carbocycles. The molecule has 0 aromatic heterocycles. The van der Waals surface area contributed by atoms with Crippen LogP contribution in [-0.4, -0.2) is 38.3 Å². The Bertz CT molecular complexity index is 580. The van der Waals surface area contributed by atoms with Crippen molar-refractivity contribution in [2.45, 2.75) is 31.2 Å². The molecule has 1 unspecified atom stereocenters. The first-order valence-electron chi connectivity index (χ1n) is 7.03. The van der Waals surface area contributed by atoms with E-state index in [9.17, 15) is 8.42 Å². The summed E-state index contributed by atoms with van der Waals surface area (Å²) < 4.78 is 24.4. The highest BCUT2D eigenvalue weighted by atomic mass is 32.2. The number of benzene rings is 1. The van der Waals surface area contributed by atoms with Crippen molar-refractivity contribution in [3.05, 3.63) is 29.8 Å². The Balaban J connectivity index is 2.48. The maximum Gasteiger partial charge on any atom is 0.179 e. The predicted molar refractivity (Wildman–Crippen MR) is 88.3 cm³/mol. The average molecular weight is 326 g/mol. The van der Waals surface area contributed by atoms with E-state index in [0.29, 0.717) is 18.2 Å². The fraction of sp³-hybridized carbons (Fsp3) is 0.533. The van der Waals surface area contributed by atoms with Crippen molar-refractivity contribution >= 4 is 21.6 Å². The lowest BCUT2D eigenvalue weighted by molar-refractivity contribution is 0.547. The third kappa shape index (κ3) is 6.51. The minimum atomic E-state index is -3.33. The van der Waals surface area contributed by atoms with Crippen LogP contribution in [0.1, 0.15) is 25.8 Å². The third-order valence-electron chi connectivity index (χ3n) is 3.09. The van der Waals surface area contributed by atoms with Crippen LogP contribution >= 0.6 is 11.8 Å². The lowest BCUT2D eigenvalue weighted by Crippen LogP contribution is -2.31. The number of nitrogens with zero attached hydrogens (tertiary/aromatic N) is 1. The minimum Gasteiger partial charge on any atom is -0.313 e.